The van der Waals surface area contributed by atoms with Crippen LogP contribution in [0.2, 0.25) is 0 Å². The van der Waals surface area contributed by atoms with Crippen molar-refractivity contribution in [3.8, 4) is 5.75 Å². The van der Waals surface area contributed by atoms with Crippen molar-refractivity contribution in [1.29, 1.82) is 0 Å². The van der Waals surface area contributed by atoms with E-state index in [0.29, 0.717) is 18.4 Å². The van der Waals surface area contributed by atoms with Crippen molar-refractivity contribution >= 4 is 10.9 Å². The Balaban J connectivity index is 1.96. The van der Waals surface area contributed by atoms with E-state index in [4.69, 9.17) is 4.74 Å². The Kier molecular flexibility index (Phi) is 3.88. The van der Waals surface area contributed by atoms with Gasteiger partial charge in [-0.25, -0.2) is 4.39 Å². The summed E-state index contributed by atoms with van der Waals surface area (Å²) < 4.78 is 21.3. The first-order valence-corrected chi connectivity index (χ1v) is 7.53. The highest BCUT2D eigenvalue weighted by atomic mass is 19.1. The van der Waals surface area contributed by atoms with E-state index in [-0.39, 0.29) is 5.82 Å². The Morgan fingerprint density at radius 2 is 1.91 bits per heavy atom. The van der Waals surface area contributed by atoms with Crippen molar-refractivity contribution < 1.29 is 9.13 Å². The Morgan fingerprint density at radius 1 is 1.14 bits per heavy atom. The van der Waals surface area contributed by atoms with Gasteiger partial charge in [0.15, 0.2) is 0 Å². The summed E-state index contributed by atoms with van der Waals surface area (Å²) in [5.74, 6) is 0.274. The molecule has 0 aliphatic rings. The summed E-state index contributed by atoms with van der Waals surface area (Å²) >= 11 is 0. The number of nitrogens with zero attached hydrogens (tertiary/aromatic N) is 1. The zero-order chi connectivity index (χ0) is 15.7. The largest absolute Gasteiger partial charge is 0.489 e. The lowest BCUT2D eigenvalue weighted by Crippen LogP contribution is -1.99. The zero-order valence-electron chi connectivity index (χ0n) is 13.1. The van der Waals surface area contributed by atoms with E-state index in [9.17, 15) is 4.39 Å². The quantitative estimate of drug-likeness (QED) is 0.641. The lowest BCUT2D eigenvalue weighted by Gasteiger charge is -2.10. The van der Waals surface area contributed by atoms with E-state index in [2.05, 4.69) is 49.7 Å². The van der Waals surface area contributed by atoms with Crippen molar-refractivity contribution in [2.75, 3.05) is 0 Å². The van der Waals surface area contributed by atoms with Crippen LogP contribution in [0.1, 0.15) is 31.0 Å². The van der Waals surface area contributed by atoms with Crippen LogP contribution in [0.4, 0.5) is 4.39 Å². The molecule has 0 bridgehead atoms. The van der Waals surface area contributed by atoms with Gasteiger partial charge >= 0.3 is 0 Å². The van der Waals surface area contributed by atoms with Crippen LogP contribution >= 0.6 is 0 Å². The van der Waals surface area contributed by atoms with Crippen molar-refractivity contribution in [1.82, 2.24) is 4.57 Å². The fraction of sp³-hybridized carbons (Fsp3) is 0.263. The highest BCUT2D eigenvalue weighted by molar-refractivity contribution is 5.86. The lowest BCUT2D eigenvalue weighted by atomic mass is 10.1. The number of benzene rings is 2. The summed E-state index contributed by atoms with van der Waals surface area (Å²) in [4.78, 5) is 0. The third-order valence-corrected chi connectivity index (χ3v) is 3.88. The van der Waals surface area contributed by atoms with Gasteiger partial charge in [-0.2, -0.15) is 0 Å². The topological polar surface area (TPSA) is 14.2 Å². The normalized spacial score (nSPS) is 11.3. The summed E-state index contributed by atoms with van der Waals surface area (Å²) in [7, 11) is 0. The van der Waals surface area contributed by atoms with Gasteiger partial charge in [0.2, 0.25) is 0 Å². The summed E-state index contributed by atoms with van der Waals surface area (Å²) in [5.41, 5.74) is 3.62. The van der Waals surface area contributed by atoms with Crippen LogP contribution in [0, 0.1) is 12.7 Å². The summed E-state index contributed by atoms with van der Waals surface area (Å²) in [6, 6.07) is 12.9. The number of ether oxygens (including phenoxy) is 1. The van der Waals surface area contributed by atoms with E-state index in [1.165, 1.54) is 28.6 Å². The highest BCUT2D eigenvalue weighted by Gasteiger charge is 2.12. The van der Waals surface area contributed by atoms with Crippen molar-refractivity contribution in [3.05, 3.63) is 65.6 Å². The predicted molar refractivity (Wildman–Crippen MR) is 87.8 cm³/mol. The number of fused-ring (bicyclic) bond motifs is 1. The molecule has 1 aromatic heterocycles. The molecule has 0 N–H and O–H groups in total. The number of rotatable bonds is 4. The van der Waals surface area contributed by atoms with Crippen LogP contribution in [0.15, 0.2) is 48.7 Å². The molecule has 22 heavy (non-hydrogen) atoms. The molecule has 0 unspecified atom stereocenters. The first-order valence-electron chi connectivity index (χ1n) is 7.53. The average Bonchev–Trinajstić information content (AvgIpc) is 2.86. The number of halogens is 1. The third-order valence-electron chi connectivity index (χ3n) is 3.88. The zero-order valence-corrected chi connectivity index (χ0v) is 13.1. The van der Waals surface area contributed by atoms with Gasteiger partial charge in [0.25, 0.3) is 0 Å². The molecule has 0 saturated heterocycles. The summed E-state index contributed by atoms with van der Waals surface area (Å²) in [6.45, 7) is 6.90. The Bertz CT molecular complexity index is 804. The molecule has 0 fully saturated rings. The molecule has 2 nitrogen and oxygen atoms in total. The maximum absolute atomic E-state index is 13.2. The van der Waals surface area contributed by atoms with E-state index in [0.717, 1.165) is 5.56 Å². The van der Waals surface area contributed by atoms with Crippen molar-refractivity contribution in [2.24, 2.45) is 0 Å². The molecule has 0 amide bonds. The Hall–Kier alpha value is -2.29. The maximum atomic E-state index is 13.2. The second kappa shape index (κ2) is 5.84. The fourth-order valence-corrected chi connectivity index (χ4v) is 2.80. The molecule has 0 radical (unpaired) electrons. The monoisotopic (exact) mass is 297 g/mol. The molecule has 3 heteroatoms. The molecular formula is C19H20FNO. The number of hydrogen-bond acceptors (Lipinski definition) is 1. The second-order valence-corrected chi connectivity index (χ2v) is 5.87. The average molecular weight is 297 g/mol. The third kappa shape index (κ3) is 2.71. The molecule has 3 rings (SSSR count). The minimum absolute atomic E-state index is 0.280. The first kappa shape index (κ1) is 14.6. The molecule has 114 valence electrons. The van der Waals surface area contributed by atoms with Gasteiger partial charge in [-0.05, 0) is 38.5 Å². The Morgan fingerprint density at radius 3 is 2.64 bits per heavy atom. The van der Waals surface area contributed by atoms with E-state index in [1.54, 1.807) is 12.1 Å². The molecule has 0 spiro atoms. The van der Waals surface area contributed by atoms with Gasteiger partial charge in [0.05, 0.1) is 5.52 Å². The van der Waals surface area contributed by atoms with Crippen LogP contribution in [-0.4, -0.2) is 4.57 Å². The summed E-state index contributed by atoms with van der Waals surface area (Å²) in [5, 5.41) is 1.20. The molecule has 2 aromatic carbocycles. The molecule has 0 aliphatic heterocycles. The van der Waals surface area contributed by atoms with Crippen LogP contribution in [-0.2, 0) is 6.61 Å². The van der Waals surface area contributed by atoms with Crippen LogP contribution in [0.3, 0.4) is 0 Å². The van der Waals surface area contributed by atoms with Gasteiger partial charge < -0.3 is 9.30 Å². The first-order chi connectivity index (χ1) is 10.6. The molecular weight excluding hydrogens is 277 g/mol. The van der Waals surface area contributed by atoms with Crippen molar-refractivity contribution in [2.45, 2.75) is 33.4 Å². The minimum atomic E-state index is -0.280. The SMILES string of the molecule is Cc1cccc2c(COc3cccc(F)c3)cn(C(C)C)c12. The number of para-hydroxylation sites is 1. The molecule has 0 atom stereocenters. The molecule has 0 saturated carbocycles. The number of aromatic nitrogens is 1. The Labute approximate surface area is 130 Å². The van der Waals surface area contributed by atoms with Crippen LogP contribution < -0.4 is 4.74 Å². The predicted octanol–water partition coefficient (Wildman–Crippen LogP) is 5.25. The highest BCUT2D eigenvalue weighted by Crippen LogP contribution is 2.28. The maximum Gasteiger partial charge on any atom is 0.126 e. The van der Waals surface area contributed by atoms with E-state index in [1.807, 2.05) is 0 Å². The fourth-order valence-electron chi connectivity index (χ4n) is 2.80. The molecule has 3 aromatic rings. The van der Waals surface area contributed by atoms with Crippen LogP contribution in [0.25, 0.3) is 10.9 Å². The number of aryl methyl sites for hydroxylation is 1. The smallest absolute Gasteiger partial charge is 0.126 e. The van der Waals surface area contributed by atoms with E-state index >= 15 is 0 Å². The van der Waals surface area contributed by atoms with E-state index < -0.39 is 0 Å². The van der Waals surface area contributed by atoms with Gasteiger partial charge in [-0.3, -0.25) is 0 Å². The lowest BCUT2D eigenvalue weighted by molar-refractivity contribution is 0.305. The molecule has 0 aliphatic carbocycles. The van der Waals surface area contributed by atoms with Gasteiger partial charge in [-0.15, -0.1) is 0 Å². The van der Waals surface area contributed by atoms with Gasteiger partial charge in [0.1, 0.15) is 18.2 Å². The minimum Gasteiger partial charge on any atom is -0.489 e. The summed E-state index contributed by atoms with van der Waals surface area (Å²) in [6.07, 6.45) is 2.14. The van der Waals surface area contributed by atoms with Crippen LogP contribution in [0.5, 0.6) is 5.75 Å². The number of hydrogen-bond donors (Lipinski definition) is 0. The van der Waals surface area contributed by atoms with Gasteiger partial charge in [-0.1, -0.05) is 24.3 Å². The van der Waals surface area contributed by atoms with Gasteiger partial charge in [0, 0.05) is 29.3 Å². The second-order valence-electron chi connectivity index (χ2n) is 5.87. The van der Waals surface area contributed by atoms with Crippen molar-refractivity contribution in [3.63, 3.8) is 0 Å². The standard InChI is InChI=1S/C19H20FNO/c1-13(2)21-11-15(18-9-4-6-14(3)19(18)21)12-22-17-8-5-7-16(20)10-17/h4-11,13H,12H2,1-3H3. The molecule has 1 heterocycles.